The monoisotopic (exact) mass is 336 g/mol. The van der Waals surface area contributed by atoms with Gasteiger partial charge in [0, 0.05) is 5.02 Å². The number of benzene rings is 1. The van der Waals surface area contributed by atoms with Crippen molar-refractivity contribution >= 4 is 11.6 Å². The van der Waals surface area contributed by atoms with Gasteiger partial charge in [-0.15, -0.1) is 13.2 Å². The van der Waals surface area contributed by atoms with Gasteiger partial charge in [-0.1, -0.05) is 24.9 Å². The van der Waals surface area contributed by atoms with E-state index in [2.05, 4.69) is 4.74 Å². The quantitative estimate of drug-likeness (QED) is 0.817. The Morgan fingerprint density at radius 1 is 1.23 bits per heavy atom. The van der Waals surface area contributed by atoms with E-state index in [1.54, 1.807) is 0 Å². The van der Waals surface area contributed by atoms with E-state index in [4.69, 9.17) is 11.6 Å². The second kappa shape index (κ2) is 7.09. The minimum Gasteiger partial charge on any atom is -0.406 e. The summed E-state index contributed by atoms with van der Waals surface area (Å²) in [6.45, 7) is 1.95. The molecule has 0 amide bonds. The Bertz CT molecular complexity index is 509. The molecule has 2 rings (SSSR count). The zero-order chi connectivity index (χ0) is 16.3. The number of halogens is 4. The molecule has 0 atom stereocenters. The first-order chi connectivity index (χ1) is 10.3. The molecule has 0 radical (unpaired) electrons. The van der Waals surface area contributed by atoms with Crippen molar-refractivity contribution in [3.63, 3.8) is 0 Å². The van der Waals surface area contributed by atoms with Crippen LogP contribution in [-0.4, -0.2) is 17.6 Å². The predicted octanol–water partition coefficient (Wildman–Crippen LogP) is 5.21. The number of hydrogen-bond donors (Lipinski definition) is 1. The van der Waals surface area contributed by atoms with E-state index >= 15 is 0 Å². The first-order valence-electron chi connectivity index (χ1n) is 7.56. The largest absolute Gasteiger partial charge is 0.573 e. The average Bonchev–Trinajstić information content (AvgIpc) is 2.42. The molecule has 0 aliphatic heterocycles. The summed E-state index contributed by atoms with van der Waals surface area (Å²) < 4.78 is 41.6. The van der Waals surface area contributed by atoms with E-state index in [-0.39, 0.29) is 17.8 Å². The maximum Gasteiger partial charge on any atom is 0.573 e. The Hall–Kier alpha value is -0.940. The normalized spacial score (nSPS) is 22.6. The third-order valence-electron chi connectivity index (χ3n) is 4.04. The predicted molar refractivity (Wildman–Crippen MR) is 79.3 cm³/mol. The lowest BCUT2D eigenvalue weighted by molar-refractivity contribution is -0.274. The molecule has 1 aliphatic rings. The summed E-state index contributed by atoms with van der Waals surface area (Å²) in [6.07, 6.45) is -0.891. The van der Waals surface area contributed by atoms with E-state index in [0.29, 0.717) is 35.4 Å². The van der Waals surface area contributed by atoms with Gasteiger partial charge >= 0.3 is 6.36 Å². The van der Waals surface area contributed by atoms with Crippen LogP contribution in [0, 0.1) is 0 Å². The maximum atomic E-state index is 12.5. The van der Waals surface area contributed by atoms with Crippen molar-refractivity contribution in [3.05, 3.63) is 28.3 Å². The van der Waals surface area contributed by atoms with Gasteiger partial charge in [-0.3, -0.25) is 0 Å². The van der Waals surface area contributed by atoms with Crippen LogP contribution >= 0.6 is 11.6 Å². The summed E-state index contributed by atoms with van der Waals surface area (Å²) in [5.74, 6) is -0.134. The Kier molecular flexibility index (Phi) is 5.61. The van der Waals surface area contributed by atoms with Crippen LogP contribution in [0.4, 0.5) is 13.2 Å². The lowest BCUT2D eigenvalue weighted by atomic mass is 9.82. The molecule has 1 aromatic carbocycles. The van der Waals surface area contributed by atoms with Crippen LogP contribution in [-0.2, 0) is 6.42 Å². The molecule has 1 aliphatic carbocycles. The average molecular weight is 337 g/mol. The topological polar surface area (TPSA) is 29.5 Å². The molecule has 0 bridgehead atoms. The molecule has 1 aromatic rings. The van der Waals surface area contributed by atoms with Gasteiger partial charge in [0.1, 0.15) is 5.75 Å². The molecule has 1 saturated carbocycles. The highest BCUT2D eigenvalue weighted by Gasteiger charge is 2.32. The first kappa shape index (κ1) is 17.4. The van der Waals surface area contributed by atoms with Gasteiger partial charge in [-0.05, 0) is 61.3 Å². The fourth-order valence-electron chi connectivity index (χ4n) is 3.01. The summed E-state index contributed by atoms with van der Waals surface area (Å²) in [5.41, 5.74) is 1.39. The highest BCUT2D eigenvalue weighted by atomic mass is 35.5. The summed E-state index contributed by atoms with van der Waals surface area (Å²) in [7, 11) is 0. The smallest absolute Gasteiger partial charge is 0.406 e. The van der Waals surface area contributed by atoms with E-state index in [1.807, 2.05) is 6.92 Å². The zero-order valence-electron chi connectivity index (χ0n) is 12.4. The number of ether oxygens (including phenoxy) is 1. The molecule has 2 nitrogen and oxygen atoms in total. The molecule has 0 spiro atoms. The third-order valence-corrected chi connectivity index (χ3v) is 4.50. The number of aliphatic hydroxyl groups excluding tert-OH is 1. The molecule has 1 N–H and O–H groups in total. The molecular formula is C16H20ClF3O2. The van der Waals surface area contributed by atoms with Crippen molar-refractivity contribution in [1.82, 2.24) is 0 Å². The Morgan fingerprint density at radius 3 is 2.41 bits per heavy atom. The molecule has 0 unspecified atom stereocenters. The summed E-state index contributed by atoms with van der Waals surface area (Å²) >= 11 is 6.40. The van der Waals surface area contributed by atoms with E-state index in [0.717, 1.165) is 19.3 Å². The van der Waals surface area contributed by atoms with Crippen molar-refractivity contribution < 1.29 is 23.0 Å². The van der Waals surface area contributed by atoms with E-state index < -0.39 is 6.36 Å². The van der Waals surface area contributed by atoms with Crippen molar-refractivity contribution in [2.24, 2.45) is 0 Å². The van der Waals surface area contributed by atoms with Crippen LogP contribution in [0.1, 0.15) is 56.1 Å². The van der Waals surface area contributed by atoms with Crippen molar-refractivity contribution in [1.29, 1.82) is 0 Å². The summed E-state index contributed by atoms with van der Waals surface area (Å²) in [4.78, 5) is 0. The molecule has 22 heavy (non-hydrogen) atoms. The SMILES string of the molecule is CCCc1cc(OC(F)(F)F)cc(C2CCC(O)CC2)c1Cl. The van der Waals surface area contributed by atoms with Crippen molar-refractivity contribution in [2.45, 2.75) is 63.8 Å². The first-order valence-corrected chi connectivity index (χ1v) is 7.94. The molecule has 1 fully saturated rings. The molecule has 0 aromatic heterocycles. The van der Waals surface area contributed by atoms with Gasteiger partial charge in [0.05, 0.1) is 6.10 Å². The lowest BCUT2D eigenvalue weighted by Crippen LogP contribution is -2.19. The molecule has 124 valence electrons. The fourth-order valence-corrected chi connectivity index (χ4v) is 3.36. The lowest BCUT2D eigenvalue weighted by Gasteiger charge is -2.27. The van der Waals surface area contributed by atoms with Crippen LogP contribution in [0.5, 0.6) is 5.75 Å². The van der Waals surface area contributed by atoms with E-state index in [1.165, 1.54) is 12.1 Å². The second-order valence-electron chi connectivity index (χ2n) is 5.79. The van der Waals surface area contributed by atoms with Crippen molar-refractivity contribution in [2.75, 3.05) is 0 Å². The van der Waals surface area contributed by atoms with Crippen LogP contribution < -0.4 is 4.74 Å². The molecule has 6 heteroatoms. The van der Waals surface area contributed by atoms with Crippen molar-refractivity contribution in [3.8, 4) is 5.75 Å². The van der Waals surface area contributed by atoms with Crippen LogP contribution in [0.25, 0.3) is 0 Å². The van der Waals surface area contributed by atoms with Gasteiger partial charge < -0.3 is 9.84 Å². The zero-order valence-corrected chi connectivity index (χ0v) is 13.2. The van der Waals surface area contributed by atoms with Gasteiger partial charge in [-0.2, -0.15) is 0 Å². The van der Waals surface area contributed by atoms with Crippen LogP contribution in [0.15, 0.2) is 12.1 Å². The third kappa shape index (κ3) is 4.53. The number of aryl methyl sites for hydroxylation is 1. The minimum atomic E-state index is -4.71. The van der Waals surface area contributed by atoms with E-state index in [9.17, 15) is 18.3 Å². The molecule has 0 saturated heterocycles. The summed E-state index contributed by atoms with van der Waals surface area (Å²) in [5, 5.41) is 10.1. The highest BCUT2D eigenvalue weighted by Crippen LogP contribution is 2.41. The number of alkyl halides is 3. The van der Waals surface area contributed by atoms with Gasteiger partial charge in [0.2, 0.25) is 0 Å². The number of rotatable bonds is 4. The van der Waals surface area contributed by atoms with Crippen LogP contribution in [0.3, 0.4) is 0 Å². The second-order valence-corrected chi connectivity index (χ2v) is 6.17. The number of hydrogen-bond acceptors (Lipinski definition) is 2. The molecule has 0 heterocycles. The molecular weight excluding hydrogens is 317 g/mol. The summed E-state index contributed by atoms with van der Waals surface area (Å²) in [6, 6.07) is 2.78. The van der Waals surface area contributed by atoms with Gasteiger partial charge in [0.25, 0.3) is 0 Å². The Morgan fingerprint density at radius 2 is 1.86 bits per heavy atom. The maximum absolute atomic E-state index is 12.5. The van der Waals surface area contributed by atoms with Gasteiger partial charge in [0.15, 0.2) is 0 Å². The standard InChI is InChI=1S/C16H20ClF3O2/c1-2-3-11-8-13(22-16(18,19)20)9-14(15(11)17)10-4-6-12(21)7-5-10/h8-10,12,21H,2-7H2,1H3. The minimum absolute atomic E-state index is 0.0725. The van der Waals surface area contributed by atoms with Crippen LogP contribution in [0.2, 0.25) is 5.02 Å². The highest BCUT2D eigenvalue weighted by molar-refractivity contribution is 6.32. The fraction of sp³-hybridized carbons (Fsp3) is 0.625. The number of aliphatic hydroxyl groups is 1. The van der Waals surface area contributed by atoms with Gasteiger partial charge in [-0.25, -0.2) is 0 Å². The Labute approximate surface area is 133 Å². The Balaban J connectivity index is 2.33.